The van der Waals surface area contributed by atoms with Crippen LogP contribution in [0.1, 0.15) is 43.6 Å². The van der Waals surface area contributed by atoms with Crippen molar-refractivity contribution < 1.29 is 17.6 Å². The van der Waals surface area contributed by atoms with Crippen LogP contribution in [0.5, 0.6) is 0 Å². The van der Waals surface area contributed by atoms with E-state index in [0.29, 0.717) is 16.9 Å². The Balaban J connectivity index is 1.91. The van der Waals surface area contributed by atoms with Crippen molar-refractivity contribution in [1.82, 2.24) is 5.32 Å². The average Bonchev–Trinajstić information content (AvgIpc) is 3.20. The molecule has 0 bridgehead atoms. The summed E-state index contributed by atoms with van der Waals surface area (Å²) in [6.07, 6.45) is 1.44. The third kappa shape index (κ3) is 4.43. The zero-order chi connectivity index (χ0) is 21.2. The fourth-order valence-electron chi connectivity index (χ4n) is 3.17. The van der Waals surface area contributed by atoms with Crippen LogP contribution >= 0.6 is 0 Å². The molecule has 0 spiro atoms. The van der Waals surface area contributed by atoms with Crippen LogP contribution in [0.3, 0.4) is 0 Å². The molecule has 3 aromatic rings. The van der Waals surface area contributed by atoms with E-state index in [2.05, 4.69) is 5.32 Å². The van der Waals surface area contributed by atoms with Crippen LogP contribution in [-0.4, -0.2) is 20.9 Å². The van der Waals surface area contributed by atoms with E-state index in [0.717, 1.165) is 16.7 Å². The SMILES string of the molecule is Cc1ccc(C)c(S(=O)(=O)[C@@H](CNC(=O)c2ccc(C)c(C)c2)c2ccco2)c1. The first kappa shape index (κ1) is 20.9. The Bertz CT molecular complexity index is 1130. The van der Waals surface area contributed by atoms with Gasteiger partial charge >= 0.3 is 0 Å². The zero-order valence-electron chi connectivity index (χ0n) is 17.0. The Labute approximate surface area is 171 Å². The summed E-state index contributed by atoms with van der Waals surface area (Å²) in [5.74, 6) is -0.0212. The van der Waals surface area contributed by atoms with Gasteiger partial charge < -0.3 is 9.73 Å². The maximum atomic E-state index is 13.4. The van der Waals surface area contributed by atoms with Crippen LogP contribution < -0.4 is 5.32 Å². The highest BCUT2D eigenvalue weighted by Crippen LogP contribution is 2.31. The predicted octanol–water partition coefficient (Wildman–Crippen LogP) is 4.46. The van der Waals surface area contributed by atoms with Crippen LogP contribution in [0.25, 0.3) is 0 Å². The summed E-state index contributed by atoms with van der Waals surface area (Å²) < 4.78 is 32.3. The van der Waals surface area contributed by atoms with Crippen molar-refractivity contribution in [1.29, 1.82) is 0 Å². The molecule has 1 heterocycles. The molecule has 0 saturated carbocycles. The van der Waals surface area contributed by atoms with Gasteiger partial charge in [0.1, 0.15) is 11.0 Å². The molecule has 0 unspecified atom stereocenters. The van der Waals surface area contributed by atoms with Crippen molar-refractivity contribution in [3.8, 4) is 0 Å². The Hall–Kier alpha value is -2.86. The number of benzene rings is 2. The van der Waals surface area contributed by atoms with Gasteiger partial charge in [0.2, 0.25) is 0 Å². The quantitative estimate of drug-likeness (QED) is 0.650. The number of sulfone groups is 1. The Morgan fingerprint density at radius 1 is 0.966 bits per heavy atom. The van der Waals surface area contributed by atoms with Crippen molar-refractivity contribution in [3.05, 3.63) is 88.4 Å². The van der Waals surface area contributed by atoms with Crippen molar-refractivity contribution in [2.45, 2.75) is 37.8 Å². The molecule has 0 radical (unpaired) electrons. The molecule has 0 aliphatic heterocycles. The summed E-state index contributed by atoms with van der Waals surface area (Å²) in [4.78, 5) is 12.9. The lowest BCUT2D eigenvalue weighted by molar-refractivity contribution is 0.0953. The molecule has 1 N–H and O–H groups in total. The fourth-order valence-corrected chi connectivity index (χ4v) is 5.09. The number of carbonyl (C=O) groups is 1. The van der Waals surface area contributed by atoms with E-state index >= 15 is 0 Å². The maximum absolute atomic E-state index is 13.4. The molecule has 0 fully saturated rings. The second-order valence-electron chi connectivity index (χ2n) is 7.33. The normalized spacial score (nSPS) is 12.6. The van der Waals surface area contributed by atoms with Crippen LogP contribution in [0, 0.1) is 27.7 Å². The lowest BCUT2D eigenvalue weighted by atomic mass is 10.1. The van der Waals surface area contributed by atoms with E-state index in [9.17, 15) is 13.2 Å². The number of nitrogens with one attached hydrogen (secondary N) is 1. The van der Waals surface area contributed by atoms with Crippen molar-refractivity contribution in [2.75, 3.05) is 6.54 Å². The number of rotatable bonds is 6. The van der Waals surface area contributed by atoms with E-state index in [1.54, 1.807) is 43.3 Å². The van der Waals surface area contributed by atoms with Gasteiger partial charge in [-0.05, 0) is 80.3 Å². The average molecular weight is 412 g/mol. The Kier molecular flexibility index (Phi) is 5.94. The van der Waals surface area contributed by atoms with Crippen molar-refractivity contribution in [3.63, 3.8) is 0 Å². The lowest BCUT2D eigenvalue weighted by Crippen LogP contribution is -2.32. The van der Waals surface area contributed by atoms with Gasteiger partial charge in [-0.2, -0.15) is 0 Å². The van der Waals surface area contributed by atoms with E-state index in [4.69, 9.17) is 4.42 Å². The lowest BCUT2D eigenvalue weighted by Gasteiger charge is -2.18. The van der Waals surface area contributed by atoms with Gasteiger partial charge in [-0.15, -0.1) is 0 Å². The topological polar surface area (TPSA) is 76.4 Å². The summed E-state index contributed by atoms with van der Waals surface area (Å²) >= 11 is 0. The first-order chi connectivity index (χ1) is 13.7. The van der Waals surface area contributed by atoms with E-state index in [1.807, 2.05) is 32.9 Å². The number of hydrogen-bond donors (Lipinski definition) is 1. The van der Waals surface area contributed by atoms with E-state index in [1.165, 1.54) is 6.26 Å². The predicted molar refractivity (Wildman–Crippen MR) is 113 cm³/mol. The largest absolute Gasteiger partial charge is 0.468 e. The summed E-state index contributed by atoms with van der Waals surface area (Å²) in [6.45, 7) is 7.43. The second-order valence-corrected chi connectivity index (χ2v) is 9.43. The number of amides is 1. The molecule has 0 aliphatic rings. The maximum Gasteiger partial charge on any atom is 0.251 e. The molecule has 0 saturated heterocycles. The highest BCUT2D eigenvalue weighted by molar-refractivity contribution is 7.91. The molecule has 29 heavy (non-hydrogen) atoms. The Morgan fingerprint density at radius 2 is 1.69 bits per heavy atom. The van der Waals surface area contributed by atoms with Crippen LogP contribution in [-0.2, 0) is 9.84 Å². The van der Waals surface area contributed by atoms with Gasteiger partial charge in [-0.3, -0.25) is 4.79 Å². The minimum Gasteiger partial charge on any atom is -0.468 e. The zero-order valence-corrected chi connectivity index (χ0v) is 17.8. The van der Waals surface area contributed by atoms with Gasteiger partial charge in [0.15, 0.2) is 9.84 Å². The highest BCUT2D eigenvalue weighted by Gasteiger charge is 2.33. The summed E-state index contributed by atoms with van der Waals surface area (Å²) in [6, 6.07) is 14.0. The summed E-state index contributed by atoms with van der Waals surface area (Å²) in [5, 5.41) is 1.75. The molecule has 2 aromatic carbocycles. The van der Waals surface area contributed by atoms with Gasteiger partial charge in [-0.25, -0.2) is 8.42 Å². The second kappa shape index (κ2) is 8.25. The monoisotopic (exact) mass is 411 g/mol. The molecule has 0 aliphatic carbocycles. The molecule has 152 valence electrons. The third-order valence-electron chi connectivity index (χ3n) is 5.10. The fraction of sp³-hybridized carbons (Fsp3) is 0.261. The van der Waals surface area contributed by atoms with Crippen molar-refractivity contribution in [2.24, 2.45) is 0 Å². The molecule has 3 rings (SSSR count). The summed E-state index contributed by atoms with van der Waals surface area (Å²) in [7, 11) is -3.78. The number of aryl methyl sites for hydroxylation is 4. The molecule has 5 nitrogen and oxygen atoms in total. The number of hydrogen-bond acceptors (Lipinski definition) is 4. The molecule has 1 atom stereocenters. The first-order valence-electron chi connectivity index (χ1n) is 9.40. The third-order valence-corrected chi connectivity index (χ3v) is 7.30. The summed E-state index contributed by atoms with van der Waals surface area (Å²) in [5.41, 5.74) is 4.10. The van der Waals surface area contributed by atoms with Crippen LogP contribution in [0.15, 0.2) is 64.1 Å². The van der Waals surface area contributed by atoms with Gasteiger partial charge in [0, 0.05) is 12.1 Å². The number of furan rings is 1. The molecular weight excluding hydrogens is 386 g/mol. The minimum absolute atomic E-state index is 0.0883. The Morgan fingerprint density at radius 3 is 2.34 bits per heavy atom. The van der Waals surface area contributed by atoms with Crippen LogP contribution in [0.4, 0.5) is 0 Å². The van der Waals surface area contributed by atoms with Gasteiger partial charge in [-0.1, -0.05) is 18.2 Å². The van der Waals surface area contributed by atoms with E-state index < -0.39 is 15.1 Å². The van der Waals surface area contributed by atoms with E-state index in [-0.39, 0.29) is 17.3 Å². The van der Waals surface area contributed by atoms with Crippen LogP contribution in [0.2, 0.25) is 0 Å². The standard InChI is InChI=1S/C23H25NO4S/c1-15-7-8-17(3)21(12-15)29(26,27)22(20-6-5-11-28-20)14-24-23(25)19-10-9-16(2)18(4)13-19/h5-13,22H,14H2,1-4H3,(H,24,25)/t22-/m0/s1. The highest BCUT2D eigenvalue weighted by atomic mass is 32.2. The molecule has 1 amide bonds. The van der Waals surface area contributed by atoms with Gasteiger partial charge in [0.05, 0.1) is 11.2 Å². The minimum atomic E-state index is -3.78. The molecule has 1 aromatic heterocycles. The number of carbonyl (C=O) groups excluding carboxylic acids is 1. The molecular formula is C23H25NO4S. The van der Waals surface area contributed by atoms with Gasteiger partial charge in [0.25, 0.3) is 5.91 Å². The smallest absolute Gasteiger partial charge is 0.251 e. The first-order valence-corrected chi connectivity index (χ1v) is 10.9. The van der Waals surface area contributed by atoms with Crippen molar-refractivity contribution >= 4 is 15.7 Å². The molecule has 6 heteroatoms.